The summed E-state index contributed by atoms with van der Waals surface area (Å²) in [6, 6.07) is 0. The highest BCUT2D eigenvalue weighted by molar-refractivity contribution is 6.01. The molecule has 2 fully saturated rings. The maximum Gasteiger partial charge on any atom is 0.171 e. The fraction of sp³-hybridized carbons (Fsp3) is 0.714. The summed E-state index contributed by atoms with van der Waals surface area (Å²) >= 11 is 0. The summed E-state index contributed by atoms with van der Waals surface area (Å²) < 4.78 is 12.9. The zero-order valence-corrected chi connectivity index (χ0v) is 11.8. The summed E-state index contributed by atoms with van der Waals surface area (Å²) in [5.74, 6) is 0.528. The minimum atomic E-state index is -0.173. The van der Waals surface area contributed by atoms with Gasteiger partial charge in [-0.05, 0) is 25.7 Å². The van der Waals surface area contributed by atoms with E-state index in [1.165, 1.54) is 4.68 Å². The maximum absolute atomic E-state index is 12.6. The topological polar surface area (TPSA) is 79.4 Å². The van der Waals surface area contributed by atoms with Gasteiger partial charge in [-0.3, -0.25) is 9.48 Å². The Kier molecular flexibility index (Phi) is 3.52. The Morgan fingerprint density at radius 2 is 2.20 bits per heavy atom. The van der Waals surface area contributed by atoms with Gasteiger partial charge in [-0.25, -0.2) is 0 Å². The SMILES string of the molecule is Cn1ncc(C(=O)C2CCOC3(CCOCC3)C2)c1N. The lowest BCUT2D eigenvalue weighted by molar-refractivity contribution is -0.142. The van der Waals surface area contributed by atoms with E-state index in [2.05, 4.69) is 5.10 Å². The highest BCUT2D eigenvalue weighted by atomic mass is 16.5. The van der Waals surface area contributed by atoms with Crippen molar-refractivity contribution >= 4 is 11.6 Å². The van der Waals surface area contributed by atoms with E-state index >= 15 is 0 Å². The molecule has 1 aromatic heterocycles. The molecule has 20 heavy (non-hydrogen) atoms. The van der Waals surface area contributed by atoms with Gasteiger partial charge in [0.05, 0.1) is 17.4 Å². The number of carbonyl (C=O) groups excluding carboxylic acids is 1. The van der Waals surface area contributed by atoms with Crippen LogP contribution in [0.4, 0.5) is 5.82 Å². The van der Waals surface area contributed by atoms with Gasteiger partial charge in [-0.2, -0.15) is 5.10 Å². The zero-order valence-electron chi connectivity index (χ0n) is 11.8. The van der Waals surface area contributed by atoms with Gasteiger partial charge >= 0.3 is 0 Å². The van der Waals surface area contributed by atoms with E-state index in [1.807, 2.05) is 0 Å². The van der Waals surface area contributed by atoms with E-state index in [9.17, 15) is 4.79 Å². The predicted molar refractivity (Wildman–Crippen MR) is 73.4 cm³/mol. The van der Waals surface area contributed by atoms with Crippen molar-refractivity contribution in [2.75, 3.05) is 25.6 Å². The molecule has 0 radical (unpaired) electrons. The van der Waals surface area contributed by atoms with Crippen LogP contribution in [0.15, 0.2) is 6.20 Å². The average molecular weight is 279 g/mol. The van der Waals surface area contributed by atoms with Gasteiger partial charge in [0.2, 0.25) is 0 Å². The van der Waals surface area contributed by atoms with E-state index < -0.39 is 0 Å². The molecule has 0 amide bonds. The first-order valence-corrected chi connectivity index (χ1v) is 7.15. The number of hydrogen-bond acceptors (Lipinski definition) is 5. The number of nitrogens with zero attached hydrogens (tertiary/aromatic N) is 2. The zero-order chi connectivity index (χ0) is 14.2. The van der Waals surface area contributed by atoms with Crippen LogP contribution in [-0.4, -0.2) is 41.0 Å². The van der Waals surface area contributed by atoms with Gasteiger partial charge in [0.1, 0.15) is 5.82 Å². The molecule has 110 valence electrons. The van der Waals surface area contributed by atoms with Crippen LogP contribution in [-0.2, 0) is 16.5 Å². The first kappa shape index (κ1) is 13.6. The number of ketones is 1. The fourth-order valence-corrected chi connectivity index (χ4v) is 3.20. The van der Waals surface area contributed by atoms with Crippen LogP contribution in [0.2, 0.25) is 0 Å². The van der Waals surface area contributed by atoms with Crippen LogP contribution in [0.5, 0.6) is 0 Å². The lowest BCUT2D eigenvalue weighted by Gasteiger charge is -2.42. The number of rotatable bonds is 2. The molecule has 0 saturated carbocycles. The highest BCUT2D eigenvalue weighted by Crippen LogP contribution is 2.38. The highest BCUT2D eigenvalue weighted by Gasteiger charge is 2.41. The molecule has 0 aromatic carbocycles. The molecule has 0 bridgehead atoms. The number of anilines is 1. The van der Waals surface area contributed by atoms with Crippen LogP contribution in [0, 0.1) is 5.92 Å². The number of aryl methyl sites for hydroxylation is 1. The average Bonchev–Trinajstić information content (AvgIpc) is 2.79. The first-order valence-electron chi connectivity index (χ1n) is 7.15. The van der Waals surface area contributed by atoms with Crippen molar-refractivity contribution < 1.29 is 14.3 Å². The van der Waals surface area contributed by atoms with E-state index in [-0.39, 0.29) is 17.3 Å². The Morgan fingerprint density at radius 1 is 1.45 bits per heavy atom. The minimum Gasteiger partial charge on any atom is -0.383 e. The minimum absolute atomic E-state index is 0.0200. The van der Waals surface area contributed by atoms with Gasteiger partial charge in [0.15, 0.2) is 5.78 Å². The molecule has 6 heteroatoms. The lowest BCUT2D eigenvalue weighted by atomic mass is 9.78. The van der Waals surface area contributed by atoms with Crippen molar-refractivity contribution in [3.05, 3.63) is 11.8 Å². The van der Waals surface area contributed by atoms with Crippen LogP contribution in [0.1, 0.15) is 36.0 Å². The third-order valence-corrected chi connectivity index (χ3v) is 4.52. The van der Waals surface area contributed by atoms with Crippen LogP contribution < -0.4 is 5.73 Å². The fourth-order valence-electron chi connectivity index (χ4n) is 3.20. The van der Waals surface area contributed by atoms with Crippen LogP contribution in [0.3, 0.4) is 0 Å². The number of aromatic nitrogens is 2. The maximum atomic E-state index is 12.6. The van der Waals surface area contributed by atoms with Crippen molar-refractivity contribution in [3.8, 4) is 0 Å². The van der Waals surface area contributed by atoms with Gasteiger partial charge in [-0.15, -0.1) is 0 Å². The molecular formula is C14H21N3O3. The number of Topliss-reactive ketones (excluding diaryl/α,β-unsaturated/α-hetero) is 1. The molecule has 1 spiro atoms. The molecule has 2 aliphatic rings. The Hall–Kier alpha value is -1.40. The summed E-state index contributed by atoms with van der Waals surface area (Å²) in [4.78, 5) is 12.6. The number of nitrogens with two attached hydrogens (primary N) is 1. The Morgan fingerprint density at radius 3 is 2.85 bits per heavy atom. The molecule has 2 N–H and O–H groups in total. The molecule has 2 saturated heterocycles. The van der Waals surface area contributed by atoms with Crippen molar-refractivity contribution in [2.24, 2.45) is 13.0 Å². The Bertz CT molecular complexity index is 500. The second-order valence-electron chi connectivity index (χ2n) is 5.76. The lowest BCUT2D eigenvalue weighted by Crippen LogP contribution is -2.45. The van der Waals surface area contributed by atoms with E-state index in [1.54, 1.807) is 13.2 Å². The van der Waals surface area contributed by atoms with Crippen molar-refractivity contribution in [2.45, 2.75) is 31.3 Å². The quantitative estimate of drug-likeness (QED) is 0.822. The van der Waals surface area contributed by atoms with Gasteiger partial charge < -0.3 is 15.2 Å². The summed E-state index contributed by atoms with van der Waals surface area (Å²) in [6.07, 6.45) is 4.85. The molecular weight excluding hydrogens is 258 g/mol. The third-order valence-electron chi connectivity index (χ3n) is 4.52. The smallest absolute Gasteiger partial charge is 0.171 e. The summed E-state index contributed by atoms with van der Waals surface area (Å²) in [7, 11) is 1.75. The Balaban J connectivity index is 1.76. The second-order valence-corrected chi connectivity index (χ2v) is 5.76. The number of ether oxygens (including phenoxy) is 2. The second kappa shape index (κ2) is 5.18. The summed E-state index contributed by atoms with van der Waals surface area (Å²) in [5.41, 5.74) is 6.28. The number of nitrogen functional groups attached to an aromatic ring is 1. The molecule has 3 rings (SSSR count). The molecule has 1 atom stereocenters. The van der Waals surface area contributed by atoms with Gasteiger partial charge in [0, 0.05) is 32.8 Å². The van der Waals surface area contributed by atoms with E-state index in [0.29, 0.717) is 18.0 Å². The molecule has 6 nitrogen and oxygen atoms in total. The van der Waals surface area contributed by atoms with Gasteiger partial charge in [-0.1, -0.05) is 0 Å². The Labute approximate surface area is 118 Å². The third kappa shape index (κ3) is 2.33. The molecule has 2 aliphatic heterocycles. The number of carbonyl (C=O) groups is 1. The molecule has 0 aliphatic carbocycles. The molecule has 1 unspecified atom stereocenters. The van der Waals surface area contributed by atoms with Crippen molar-refractivity contribution in [1.29, 1.82) is 0 Å². The monoisotopic (exact) mass is 279 g/mol. The van der Waals surface area contributed by atoms with Gasteiger partial charge in [0.25, 0.3) is 0 Å². The van der Waals surface area contributed by atoms with E-state index in [0.717, 1.165) is 38.9 Å². The largest absolute Gasteiger partial charge is 0.383 e. The van der Waals surface area contributed by atoms with Crippen LogP contribution in [0.25, 0.3) is 0 Å². The van der Waals surface area contributed by atoms with Crippen molar-refractivity contribution in [1.82, 2.24) is 9.78 Å². The molecule has 3 heterocycles. The standard InChI is InChI=1S/C14H21N3O3/c1-17-13(15)11(9-16-17)12(18)10-2-5-20-14(8-10)3-6-19-7-4-14/h9-10H,2-8,15H2,1H3. The summed E-state index contributed by atoms with van der Waals surface area (Å²) in [5, 5.41) is 4.06. The van der Waals surface area contributed by atoms with Crippen molar-refractivity contribution in [3.63, 3.8) is 0 Å². The first-order chi connectivity index (χ1) is 9.61. The molecule has 1 aromatic rings. The predicted octanol–water partition coefficient (Wildman–Crippen LogP) is 1.16. The van der Waals surface area contributed by atoms with Crippen LogP contribution >= 0.6 is 0 Å². The van der Waals surface area contributed by atoms with E-state index in [4.69, 9.17) is 15.2 Å². The number of hydrogen-bond donors (Lipinski definition) is 1. The summed E-state index contributed by atoms with van der Waals surface area (Å²) in [6.45, 7) is 2.07. The normalized spacial score (nSPS) is 25.8.